The van der Waals surface area contributed by atoms with Gasteiger partial charge >= 0.3 is 0 Å². The molecular weight excluding hydrogens is 435 g/mol. The number of fused-ring (bicyclic) bond motifs is 2. The molecule has 0 aliphatic carbocycles. The fourth-order valence-electron chi connectivity index (χ4n) is 3.81. The maximum absolute atomic E-state index is 13.5. The first-order valence-corrected chi connectivity index (χ1v) is 10.5. The van der Waals surface area contributed by atoms with Crippen LogP contribution in [0.25, 0.3) is 33.4 Å². The molecule has 0 fully saturated rings. The number of hydrogen-bond acceptors (Lipinski definition) is 8. The average Bonchev–Trinajstić information content (AvgIpc) is 3.45. The Hall–Kier alpha value is -4.73. The lowest BCUT2D eigenvalue weighted by atomic mass is 10.2. The number of halogens is 1. The minimum absolute atomic E-state index is 0.259. The summed E-state index contributed by atoms with van der Waals surface area (Å²) in [5.74, 6) is 1.16. The summed E-state index contributed by atoms with van der Waals surface area (Å²) in [4.78, 5) is 13.1. The number of pyridine rings is 1. The highest BCUT2D eigenvalue weighted by Crippen LogP contribution is 2.28. The van der Waals surface area contributed by atoms with Gasteiger partial charge in [0, 0.05) is 23.4 Å². The van der Waals surface area contributed by atoms with Gasteiger partial charge in [0.1, 0.15) is 23.7 Å². The summed E-state index contributed by atoms with van der Waals surface area (Å²) >= 11 is 0. The van der Waals surface area contributed by atoms with Crippen molar-refractivity contribution in [2.24, 2.45) is 0 Å². The largest absolute Gasteiger partial charge is 0.420 e. The molecule has 0 spiro atoms. The standard InChI is InChI=1S/C24H17FN8O/c1-14-31-32-24(34-14)20-9-19-21(11-26-20)27-13-28-23(19)30-18-5-6-22-16(8-18)10-29-33(22)12-15-3-2-4-17(25)7-15/h2-11,13H,12H2,1H3,(H,27,28,30). The van der Waals surface area contributed by atoms with Crippen LogP contribution in [0.2, 0.25) is 0 Å². The minimum Gasteiger partial charge on any atom is -0.420 e. The molecule has 0 unspecified atom stereocenters. The molecule has 0 saturated carbocycles. The zero-order valence-corrected chi connectivity index (χ0v) is 18.0. The third-order valence-electron chi connectivity index (χ3n) is 5.39. The number of nitrogens with one attached hydrogen (secondary N) is 1. The summed E-state index contributed by atoms with van der Waals surface area (Å²) < 4.78 is 20.9. The maximum Gasteiger partial charge on any atom is 0.266 e. The fraction of sp³-hybridized carbons (Fsp3) is 0.0833. The van der Waals surface area contributed by atoms with E-state index in [1.54, 1.807) is 25.4 Å². The van der Waals surface area contributed by atoms with E-state index in [0.29, 0.717) is 35.4 Å². The van der Waals surface area contributed by atoms with Crippen molar-refractivity contribution in [1.29, 1.82) is 0 Å². The summed E-state index contributed by atoms with van der Waals surface area (Å²) in [6, 6.07) is 14.3. The van der Waals surface area contributed by atoms with Crippen molar-refractivity contribution in [3.05, 3.63) is 84.5 Å². The number of anilines is 2. The van der Waals surface area contributed by atoms with Crippen molar-refractivity contribution in [3.8, 4) is 11.6 Å². The van der Waals surface area contributed by atoms with Gasteiger partial charge in [-0.25, -0.2) is 19.3 Å². The maximum atomic E-state index is 13.5. The zero-order chi connectivity index (χ0) is 23.1. The Kier molecular flexibility index (Phi) is 4.69. The quantitative estimate of drug-likeness (QED) is 0.402. The van der Waals surface area contributed by atoms with Crippen LogP contribution in [0.3, 0.4) is 0 Å². The van der Waals surface area contributed by atoms with Gasteiger partial charge in [-0.05, 0) is 42.0 Å². The monoisotopic (exact) mass is 452 g/mol. The van der Waals surface area contributed by atoms with Gasteiger partial charge in [0.05, 0.1) is 30.0 Å². The molecule has 0 amide bonds. The second-order valence-electron chi connectivity index (χ2n) is 7.77. The van der Waals surface area contributed by atoms with Crippen LogP contribution >= 0.6 is 0 Å². The lowest BCUT2D eigenvalue weighted by molar-refractivity contribution is 0.531. The SMILES string of the molecule is Cc1nnc(-c2cc3c(Nc4ccc5c(cnn5Cc5cccc(F)c5)c4)ncnc3cn2)o1. The Bertz CT molecular complexity index is 1660. The Morgan fingerprint density at radius 2 is 1.94 bits per heavy atom. The molecular formula is C24H17FN8O. The van der Waals surface area contributed by atoms with Crippen molar-refractivity contribution in [1.82, 2.24) is 34.9 Å². The first kappa shape index (κ1) is 19.9. The van der Waals surface area contributed by atoms with E-state index in [0.717, 1.165) is 27.5 Å². The lowest BCUT2D eigenvalue weighted by Crippen LogP contribution is -2.01. The molecule has 0 saturated heterocycles. The summed E-state index contributed by atoms with van der Waals surface area (Å²) in [6.07, 6.45) is 4.92. The van der Waals surface area contributed by atoms with Gasteiger partial charge in [0.15, 0.2) is 0 Å². The van der Waals surface area contributed by atoms with Crippen LogP contribution in [-0.4, -0.2) is 34.9 Å². The van der Waals surface area contributed by atoms with E-state index in [9.17, 15) is 4.39 Å². The number of rotatable bonds is 5. The first-order chi connectivity index (χ1) is 16.6. The van der Waals surface area contributed by atoms with Gasteiger partial charge < -0.3 is 9.73 Å². The number of benzene rings is 2. The van der Waals surface area contributed by atoms with E-state index in [2.05, 4.69) is 35.6 Å². The van der Waals surface area contributed by atoms with Crippen molar-refractivity contribution < 1.29 is 8.81 Å². The molecule has 10 heteroatoms. The molecule has 4 heterocycles. The Labute approximate surface area is 192 Å². The van der Waals surface area contributed by atoms with Crippen LogP contribution in [0.1, 0.15) is 11.5 Å². The molecule has 0 aliphatic heterocycles. The second kappa shape index (κ2) is 8.00. The van der Waals surface area contributed by atoms with Crippen LogP contribution in [-0.2, 0) is 6.54 Å². The third-order valence-corrected chi connectivity index (χ3v) is 5.39. The molecule has 1 N–H and O–H groups in total. The van der Waals surface area contributed by atoms with Crippen LogP contribution in [0.5, 0.6) is 0 Å². The van der Waals surface area contributed by atoms with E-state index < -0.39 is 0 Å². The Balaban J connectivity index is 1.32. The Morgan fingerprint density at radius 3 is 2.79 bits per heavy atom. The van der Waals surface area contributed by atoms with Gasteiger partial charge in [-0.1, -0.05) is 12.1 Å². The van der Waals surface area contributed by atoms with Crippen LogP contribution in [0.15, 0.2) is 71.7 Å². The highest BCUT2D eigenvalue weighted by atomic mass is 19.1. The van der Waals surface area contributed by atoms with Crippen LogP contribution in [0, 0.1) is 12.7 Å². The number of hydrogen-bond donors (Lipinski definition) is 1. The molecule has 0 atom stereocenters. The second-order valence-corrected chi connectivity index (χ2v) is 7.77. The average molecular weight is 452 g/mol. The predicted octanol–water partition coefficient (Wildman–Crippen LogP) is 4.66. The van der Waals surface area contributed by atoms with E-state index in [1.165, 1.54) is 18.5 Å². The van der Waals surface area contributed by atoms with E-state index in [1.807, 2.05) is 35.0 Å². The molecule has 4 aromatic heterocycles. The third kappa shape index (κ3) is 3.71. The first-order valence-electron chi connectivity index (χ1n) is 10.5. The lowest BCUT2D eigenvalue weighted by Gasteiger charge is -2.09. The van der Waals surface area contributed by atoms with Gasteiger partial charge in [-0.2, -0.15) is 5.10 Å². The normalized spacial score (nSPS) is 11.4. The Morgan fingerprint density at radius 1 is 1.00 bits per heavy atom. The smallest absolute Gasteiger partial charge is 0.266 e. The summed E-state index contributed by atoms with van der Waals surface area (Å²) in [6.45, 7) is 2.21. The van der Waals surface area contributed by atoms with E-state index in [-0.39, 0.29) is 5.82 Å². The predicted molar refractivity (Wildman–Crippen MR) is 124 cm³/mol. The molecule has 6 aromatic rings. The van der Waals surface area contributed by atoms with Gasteiger partial charge in [0.2, 0.25) is 5.89 Å². The number of aryl methyl sites for hydroxylation is 1. The fourth-order valence-corrected chi connectivity index (χ4v) is 3.81. The molecule has 0 radical (unpaired) electrons. The highest BCUT2D eigenvalue weighted by molar-refractivity contribution is 5.93. The topological polar surface area (TPSA) is 107 Å². The molecule has 2 aromatic carbocycles. The van der Waals surface area contributed by atoms with E-state index in [4.69, 9.17) is 4.42 Å². The summed E-state index contributed by atoms with van der Waals surface area (Å²) in [5.41, 5.74) is 3.85. The molecule has 34 heavy (non-hydrogen) atoms. The van der Waals surface area contributed by atoms with Crippen molar-refractivity contribution >= 4 is 33.3 Å². The summed E-state index contributed by atoms with van der Waals surface area (Å²) in [5, 5.41) is 17.5. The minimum atomic E-state index is -0.259. The van der Waals surface area contributed by atoms with Gasteiger partial charge in [0.25, 0.3) is 5.89 Å². The van der Waals surface area contributed by atoms with Crippen molar-refractivity contribution in [2.45, 2.75) is 13.5 Å². The summed E-state index contributed by atoms with van der Waals surface area (Å²) in [7, 11) is 0. The zero-order valence-electron chi connectivity index (χ0n) is 18.0. The van der Waals surface area contributed by atoms with Crippen molar-refractivity contribution in [3.63, 3.8) is 0 Å². The van der Waals surface area contributed by atoms with Gasteiger partial charge in [-0.15, -0.1) is 10.2 Å². The van der Waals surface area contributed by atoms with Gasteiger partial charge in [-0.3, -0.25) is 4.68 Å². The number of nitrogens with zero attached hydrogens (tertiary/aromatic N) is 7. The highest BCUT2D eigenvalue weighted by Gasteiger charge is 2.12. The van der Waals surface area contributed by atoms with E-state index >= 15 is 0 Å². The van der Waals surface area contributed by atoms with Crippen LogP contribution in [0.4, 0.5) is 15.9 Å². The molecule has 9 nitrogen and oxygen atoms in total. The number of aromatic nitrogens is 7. The molecule has 166 valence electrons. The van der Waals surface area contributed by atoms with Crippen LogP contribution < -0.4 is 5.32 Å². The molecule has 0 aliphatic rings. The van der Waals surface area contributed by atoms with Crippen molar-refractivity contribution in [2.75, 3.05) is 5.32 Å². The molecule has 6 rings (SSSR count). The molecule has 0 bridgehead atoms.